The molecule has 4 heteroatoms. The van der Waals surface area contributed by atoms with Gasteiger partial charge in [-0.15, -0.1) is 0 Å². The van der Waals surface area contributed by atoms with Crippen molar-refractivity contribution in [2.45, 2.75) is 32.4 Å². The van der Waals surface area contributed by atoms with Crippen LogP contribution in [0.1, 0.15) is 31.9 Å². The SMILES string of the molecule is CCC(C#N)Oc1cc(F)ccc1C(C)NC. The smallest absolute Gasteiger partial charge is 0.184 e. The lowest BCUT2D eigenvalue weighted by Gasteiger charge is -2.18. The summed E-state index contributed by atoms with van der Waals surface area (Å²) in [5, 5.41) is 11.9. The Morgan fingerprint density at radius 3 is 2.76 bits per heavy atom. The first kappa shape index (κ1) is 13.5. The van der Waals surface area contributed by atoms with Gasteiger partial charge in [-0.2, -0.15) is 5.26 Å². The minimum Gasteiger partial charge on any atom is -0.475 e. The van der Waals surface area contributed by atoms with E-state index in [9.17, 15) is 4.39 Å². The number of benzene rings is 1. The predicted octanol–water partition coefficient (Wildman–Crippen LogP) is 2.79. The Kier molecular flexibility index (Phi) is 4.92. The van der Waals surface area contributed by atoms with E-state index < -0.39 is 6.10 Å². The van der Waals surface area contributed by atoms with Gasteiger partial charge in [0.05, 0.1) is 0 Å². The van der Waals surface area contributed by atoms with E-state index in [2.05, 4.69) is 5.32 Å². The quantitative estimate of drug-likeness (QED) is 0.855. The monoisotopic (exact) mass is 236 g/mol. The molecule has 0 spiro atoms. The molecule has 0 fully saturated rings. The number of halogens is 1. The third-order valence-corrected chi connectivity index (χ3v) is 2.66. The summed E-state index contributed by atoms with van der Waals surface area (Å²) >= 11 is 0. The Bertz CT molecular complexity index is 414. The lowest BCUT2D eigenvalue weighted by molar-refractivity contribution is 0.246. The van der Waals surface area contributed by atoms with Gasteiger partial charge < -0.3 is 10.1 Å². The summed E-state index contributed by atoms with van der Waals surface area (Å²) in [6, 6.07) is 6.47. The summed E-state index contributed by atoms with van der Waals surface area (Å²) in [6.07, 6.45) is 0.0278. The van der Waals surface area contributed by atoms with Crippen molar-refractivity contribution in [3.05, 3.63) is 29.6 Å². The fourth-order valence-corrected chi connectivity index (χ4v) is 1.48. The molecule has 0 saturated carbocycles. The van der Waals surface area contributed by atoms with Crippen LogP contribution >= 0.6 is 0 Å². The number of hydrogen-bond acceptors (Lipinski definition) is 3. The second kappa shape index (κ2) is 6.21. The zero-order valence-electron chi connectivity index (χ0n) is 10.3. The molecule has 1 rings (SSSR count). The molecule has 0 aromatic heterocycles. The van der Waals surface area contributed by atoms with Crippen molar-refractivity contribution < 1.29 is 9.13 Å². The van der Waals surface area contributed by atoms with Gasteiger partial charge in [-0.1, -0.05) is 13.0 Å². The molecule has 1 N–H and O–H groups in total. The standard InChI is InChI=1S/C13H17FN2O/c1-4-11(8-15)17-13-7-10(14)5-6-12(13)9(2)16-3/h5-7,9,11,16H,4H2,1-3H3. The molecule has 2 unspecified atom stereocenters. The van der Waals surface area contributed by atoms with Crippen LogP contribution in [0.15, 0.2) is 18.2 Å². The second-order valence-corrected chi connectivity index (χ2v) is 3.84. The molecule has 0 aliphatic heterocycles. The molecule has 1 aromatic rings. The van der Waals surface area contributed by atoms with Crippen molar-refractivity contribution in [3.8, 4) is 11.8 Å². The minimum absolute atomic E-state index is 0.0433. The summed E-state index contributed by atoms with van der Waals surface area (Å²) in [5.74, 6) is 0.0695. The molecule has 0 heterocycles. The highest BCUT2D eigenvalue weighted by Crippen LogP contribution is 2.27. The Balaban J connectivity index is 3.03. The Hall–Kier alpha value is -1.60. The van der Waals surface area contributed by atoms with Crippen molar-refractivity contribution in [2.24, 2.45) is 0 Å². The minimum atomic E-state index is -0.542. The lowest BCUT2D eigenvalue weighted by atomic mass is 10.1. The number of nitrogens with zero attached hydrogens (tertiary/aromatic N) is 1. The number of rotatable bonds is 5. The van der Waals surface area contributed by atoms with Gasteiger partial charge in [0, 0.05) is 17.7 Å². The van der Waals surface area contributed by atoms with Crippen LogP contribution in [0.5, 0.6) is 5.75 Å². The molecule has 17 heavy (non-hydrogen) atoms. The zero-order valence-corrected chi connectivity index (χ0v) is 10.3. The van der Waals surface area contributed by atoms with Crippen LogP contribution in [0, 0.1) is 17.1 Å². The van der Waals surface area contributed by atoms with Crippen LogP contribution in [0.25, 0.3) is 0 Å². The number of ether oxygens (including phenoxy) is 1. The Morgan fingerprint density at radius 1 is 1.53 bits per heavy atom. The summed E-state index contributed by atoms with van der Waals surface area (Å²) in [4.78, 5) is 0. The van der Waals surface area contributed by atoms with Gasteiger partial charge in [-0.25, -0.2) is 4.39 Å². The van der Waals surface area contributed by atoms with Gasteiger partial charge in [0.1, 0.15) is 17.6 Å². The van der Waals surface area contributed by atoms with Gasteiger partial charge in [0.15, 0.2) is 6.10 Å². The first-order valence-electron chi connectivity index (χ1n) is 5.65. The lowest BCUT2D eigenvalue weighted by Crippen LogP contribution is -2.17. The van der Waals surface area contributed by atoms with E-state index in [1.807, 2.05) is 27.0 Å². The third kappa shape index (κ3) is 3.43. The highest BCUT2D eigenvalue weighted by molar-refractivity contribution is 5.36. The molecule has 0 saturated heterocycles. The first-order valence-corrected chi connectivity index (χ1v) is 5.65. The number of nitriles is 1. The molecule has 0 amide bonds. The molecule has 0 aliphatic rings. The van der Waals surface area contributed by atoms with Crippen molar-refractivity contribution in [3.63, 3.8) is 0 Å². The molecule has 1 aromatic carbocycles. The van der Waals surface area contributed by atoms with E-state index >= 15 is 0 Å². The summed E-state index contributed by atoms with van der Waals surface area (Å²) in [7, 11) is 1.82. The van der Waals surface area contributed by atoms with E-state index in [1.165, 1.54) is 12.1 Å². The third-order valence-electron chi connectivity index (χ3n) is 2.66. The van der Waals surface area contributed by atoms with Crippen molar-refractivity contribution in [1.82, 2.24) is 5.32 Å². The summed E-state index contributed by atoms with van der Waals surface area (Å²) < 4.78 is 18.7. The van der Waals surface area contributed by atoms with E-state index in [-0.39, 0.29) is 11.9 Å². The Morgan fingerprint density at radius 2 is 2.24 bits per heavy atom. The zero-order chi connectivity index (χ0) is 12.8. The predicted molar refractivity (Wildman–Crippen MR) is 64.2 cm³/mol. The van der Waals surface area contributed by atoms with Crippen LogP contribution in [0.3, 0.4) is 0 Å². The van der Waals surface area contributed by atoms with E-state index in [0.717, 1.165) is 5.56 Å². The first-order chi connectivity index (χ1) is 8.12. The van der Waals surface area contributed by atoms with Crippen LogP contribution in [-0.4, -0.2) is 13.2 Å². The normalized spacial score (nSPS) is 13.8. The molecular weight excluding hydrogens is 219 g/mol. The molecule has 2 atom stereocenters. The van der Waals surface area contributed by atoms with Gasteiger partial charge in [-0.05, 0) is 26.5 Å². The average molecular weight is 236 g/mol. The fourth-order valence-electron chi connectivity index (χ4n) is 1.48. The number of nitrogens with one attached hydrogen (secondary N) is 1. The molecule has 3 nitrogen and oxygen atoms in total. The molecule has 92 valence electrons. The second-order valence-electron chi connectivity index (χ2n) is 3.84. The Labute approximate surface area is 101 Å². The van der Waals surface area contributed by atoms with E-state index in [1.54, 1.807) is 6.07 Å². The van der Waals surface area contributed by atoms with Crippen LogP contribution in [0.4, 0.5) is 4.39 Å². The van der Waals surface area contributed by atoms with Crippen molar-refractivity contribution in [1.29, 1.82) is 5.26 Å². The maximum Gasteiger partial charge on any atom is 0.184 e. The average Bonchev–Trinajstić information content (AvgIpc) is 2.35. The summed E-state index contributed by atoms with van der Waals surface area (Å²) in [6.45, 7) is 3.81. The van der Waals surface area contributed by atoms with Gasteiger partial charge in [0.2, 0.25) is 0 Å². The topological polar surface area (TPSA) is 45.0 Å². The van der Waals surface area contributed by atoms with E-state index in [4.69, 9.17) is 10.00 Å². The molecule has 0 bridgehead atoms. The van der Waals surface area contributed by atoms with E-state index in [0.29, 0.717) is 12.2 Å². The maximum absolute atomic E-state index is 13.2. The van der Waals surface area contributed by atoms with Crippen molar-refractivity contribution in [2.75, 3.05) is 7.05 Å². The van der Waals surface area contributed by atoms with Gasteiger partial charge in [-0.3, -0.25) is 0 Å². The van der Waals surface area contributed by atoms with Crippen LogP contribution in [-0.2, 0) is 0 Å². The molecule has 0 radical (unpaired) electrons. The van der Waals surface area contributed by atoms with Crippen LogP contribution in [0.2, 0.25) is 0 Å². The van der Waals surface area contributed by atoms with Gasteiger partial charge in [0.25, 0.3) is 0 Å². The van der Waals surface area contributed by atoms with Gasteiger partial charge >= 0.3 is 0 Å². The fraction of sp³-hybridized carbons (Fsp3) is 0.462. The number of hydrogen-bond donors (Lipinski definition) is 1. The molecule has 0 aliphatic carbocycles. The maximum atomic E-state index is 13.2. The molecular formula is C13H17FN2O. The highest BCUT2D eigenvalue weighted by atomic mass is 19.1. The summed E-state index contributed by atoms with van der Waals surface area (Å²) in [5.41, 5.74) is 0.850. The largest absolute Gasteiger partial charge is 0.475 e. The highest BCUT2D eigenvalue weighted by Gasteiger charge is 2.14. The van der Waals surface area contributed by atoms with Crippen LogP contribution < -0.4 is 10.1 Å². The van der Waals surface area contributed by atoms with Crippen molar-refractivity contribution >= 4 is 0 Å².